The third-order valence-corrected chi connectivity index (χ3v) is 3.40. The third-order valence-electron chi connectivity index (χ3n) is 2.71. The van der Waals surface area contributed by atoms with Gasteiger partial charge in [-0.15, -0.1) is 11.3 Å². The van der Waals surface area contributed by atoms with Crippen LogP contribution in [-0.4, -0.2) is 17.5 Å². The molecule has 0 bridgehead atoms. The summed E-state index contributed by atoms with van der Waals surface area (Å²) in [5.41, 5.74) is 0.572. The van der Waals surface area contributed by atoms with Gasteiger partial charge in [0, 0.05) is 17.1 Å². The van der Waals surface area contributed by atoms with E-state index in [9.17, 15) is 4.79 Å². The van der Waals surface area contributed by atoms with Crippen molar-refractivity contribution in [2.24, 2.45) is 5.92 Å². The molecule has 1 aromatic carbocycles. The van der Waals surface area contributed by atoms with E-state index in [1.807, 2.05) is 17.5 Å². The molecule has 4 nitrogen and oxygen atoms in total. The van der Waals surface area contributed by atoms with Crippen LogP contribution in [-0.2, 0) is 0 Å². The molecule has 0 spiro atoms. The number of anilines is 1. The van der Waals surface area contributed by atoms with Crippen molar-refractivity contribution >= 4 is 22.4 Å². The number of rotatable bonds is 6. The summed E-state index contributed by atoms with van der Waals surface area (Å²) in [7, 11) is 0. The molecule has 106 valence electrons. The minimum absolute atomic E-state index is 0.172. The highest BCUT2D eigenvalue weighted by Gasteiger charge is 2.08. The number of ether oxygens (including phenoxy) is 1. The second-order valence-corrected chi connectivity index (χ2v) is 5.74. The molecule has 1 N–H and O–H groups in total. The van der Waals surface area contributed by atoms with E-state index in [0.29, 0.717) is 23.2 Å². The lowest BCUT2D eigenvalue weighted by Gasteiger charge is -2.09. The van der Waals surface area contributed by atoms with Crippen molar-refractivity contribution in [3.8, 4) is 5.75 Å². The molecule has 0 saturated carbocycles. The number of carbonyl (C=O) groups is 1. The van der Waals surface area contributed by atoms with E-state index >= 15 is 0 Å². The van der Waals surface area contributed by atoms with Crippen molar-refractivity contribution in [3.05, 3.63) is 41.4 Å². The molecule has 0 unspecified atom stereocenters. The summed E-state index contributed by atoms with van der Waals surface area (Å²) in [4.78, 5) is 16.1. The first-order chi connectivity index (χ1) is 9.65. The van der Waals surface area contributed by atoms with Gasteiger partial charge in [0.15, 0.2) is 5.13 Å². The van der Waals surface area contributed by atoms with Crippen molar-refractivity contribution in [2.45, 2.75) is 20.3 Å². The Labute approximate surface area is 122 Å². The number of benzene rings is 1. The van der Waals surface area contributed by atoms with Crippen LogP contribution in [0.1, 0.15) is 30.6 Å². The normalized spacial score (nSPS) is 10.6. The summed E-state index contributed by atoms with van der Waals surface area (Å²) in [6.45, 7) is 4.97. The summed E-state index contributed by atoms with van der Waals surface area (Å²) in [5, 5.41) is 5.17. The second-order valence-electron chi connectivity index (χ2n) is 4.85. The van der Waals surface area contributed by atoms with Gasteiger partial charge >= 0.3 is 0 Å². The van der Waals surface area contributed by atoms with Crippen LogP contribution in [0.5, 0.6) is 5.75 Å². The summed E-state index contributed by atoms with van der Waals surface area (Å²) >= 11 is 1.39. The molecule has 0 aliphatic rings. The first kappa shape index (κ1) is 14.5. The molecular formula is C15H18N2O2S. The molecule has 0 aliphatic heterocycles. The highest BCUT2D eigenvalue weighted by atomic mass is 32.1. The average Bonchev–Trinajstić information content (AvgIpc) is 2.91. The van der Waals surface area contributed by atoms with Crippen LogP contribution in [0.3, 0.4) is 0 Å². The molecule has 0 saturated heterocycles. The maximum Gasteiger partial charge on any atom is 0.257 e. The van der Waals surface area contributed by atoms with Gasteiger partial charge in [0.05, 0.1) is 6.61 Å². The maximum atomic E-state index is 12.0. The van der Waals surface area contributed by atoms with Crippen molar-refractivity contribution < 1.29 is 9.53 Å². The number of thiazole rings is 1. The number of carbonyl (C=O) groups excluding carboxylic acids is 1. The average molecular weight is 290 g/mol. The topological polar surface area (TPSA) is 51.2 Å². The van der Waals surface area contributed by atoms with Crippen LogP contribution < -0.4 is 10.1 Å². The van der Waals surface area contributed by atoms with E-state index in [1.54, 1.807) is 18.3 Å². The molecule has 5 heteroatoms. The Bertz CT molecular complexity index is 553. The van der Waals surface area contributed by atoms with Gasteiger partial charge in [-0.2, -0.15) is 0 Å². The van der Waals surface area contributed by atoms with Gasteiger partial charge in [0.2, 0.25) is 0 Å². The molecule has 2 aromatic rings. The summed E-state index contributed by atoms with van der Waals surface area (Å²) in [6.07, 6.45) is 2.65. The van der Waals surface area contributed by atoms with Crippen molar-refractivity contribution in [3.63, 3.8) is 0 Å². The zero-order valence-corrected chi connectivity index (χ0v) is 12.4. The molecule has 1 aromatic heterocycles. The molecule has 0 fully saturated rings. The van der Waals surface area contributed by atoms with E-state index in [4.69, 9.17) is 4.74 Å². The molecule has 0 radical (unpaired) electrons. The largest absolute Gasteiger partial charge is 0.494 e. The van der Waals surface area contributed by atoms with Gasteiger partial charge in [-0.3, -0.25) is 10.1 Å². The lowest BCUT2D eigenvalue weighted by molar-refractivity contribution is 0.102. The van der Waals surface area contributed by atoms with E-state index in [2.05, 4.69) is 24.1 Å². The van der Waals surface area contributed by atoms with E-state index in [-0.39, 0.29) is 5.91 Å². The van der Waals surface area contributed by atoms with Crippen LogP contribution in [0, 0.1) is 5.92 Å². The van der Waals surface area contributed by atoms with Crippen LogP contribution >= 0.6 is 11.3 Å². The Morgan fingerprint density at radius 1 is 1.45 bits per heavy atom. The standard InChI is InChI=1S/C15H18N2O2S/c1-11(2)6-8-19-13-5-3-4-12(10-13)14(18)17-15-16-7-9-20-15/h3-5,7,9-11H,6,8H2,1-2H3,(H,16,17,18). The van der Waals surface area contributed by atoms with Crippen LogP contribution in [0.2, 0.25) is 0 Å². The number of nitrogens with zero attached hydrogens (tertiary/aromatic N) is 1. The molecule has 1 heterocycles. The number of hydrogen-bond acceptors (Lipinski definition) is 4. The van der Waals surface area contributed by atoms with E-state index < -0.39 is 0 Å². The summed E-state index contributed by atoms with van der Waals surface area (Å²) in [5.74, 6) is 1.15. The van der Waals surface area contributed by atoms with Crippen LogP contribution in [0.4, 0.5) is 5.13 Å². The zero-order valence-electron chi connectivity index (χ0n) is 11.6. The Morgan fingerprint density at radius 2 is 2.30 bits per heavy atom. The predicted molar refractivity (Wildman–Crippen MR) is 81.5 cm³/mol. The van der Waals surface area contributed by atoms with Crippen molar-refractivity contribution in [1.29, 1.82) is 0 Å². The molecule has 2 rings (SSSR count). The third kappa shape index (κ3) is 4.35. The number of hydrogen-bond donors (Lipinski definition) is 1. The number of amides is 1. The van der Waals surface area contributed by atoms with E-state index in [0.717, 1.165) is 12.2 Å². The van der Waals surface area contributed by atoms with Gasteiger partial charge in [0.1, 0.15) is 5.75 Å². The highest BCUT2D eigenvalue weighted by Crippen LogP contribution is 2.17. The van der Waals surface area contributed by atoms with Crippen LogP contribution in [0.15, 0.2) is 35.8 Å². The Kier molecular flexibility index (Phi) is 5.12. The number of nitrogens with one attached hydrogen (secondary N) is 1. The van der Waals surface area contributed by atoms with Crippen LogP contribution in [0.25, 0.3) is 0 Å². The molecule has 0 aliphatic carbocycles. The first-order valence-corrected chi connectivity index (χ1v) is 7.47. The van der Waals surface area contributed by atoms with E-state index in [1.165, 1.54) is 11.3 Å². The fourth-order valence-corrected chi connectivity index (χ4v) is 2.12. The van der Waals surface area contributed by atoms with Gasteiger partial charge in [0.25, 0.3) is 5.91 Å². The van der Waals surface area contributed by atoms with Crippen molar-refractivity contribution in [2.75, 3.05) is 11.9 Å². The fourth-order valence-electron chi connectivity index (χ4n) is 1.59. The number of aromatic nitrogens is 1. The lowest BCUT2D eigenvalue weighted by atomic mass is 10.1. The molecule has 20 heavy (non-hydrogen) atoms. The first-order valence-electron chi connectivity index (χ1n) is 6.59. The maximum absolute atomic E-state index is 12.0. The molecule has 1 amide bonds. The second kappa shape index (κ2) is 7.05. The Morgan fingerprint density at radius 3 is 3.00 bits per heavy atom. The van der Waals surface area contributed by atoms with Gasteiger partial charge in [-0.25, -0.2) is 4.98 Å². The SMILES string of the molecule is CC(C)CCOc1cccc(C(=O)Nc2nccs2)c1. The minimum Gasteiger partial charge on any atom is -0.494 e. The summed E-state index contributed by atoms with van der Waals surface area (Å²) in [6, 6.07) is 7.20. The highest BCUT2D eigenvalue weighted by molar-refractivity contribution is 7.13. The lowest BCUT2D eigenvalue weighted by Crippen LogP contribution is -2.11. The molecule has 0 atom stereocenters. The fraction of sp³-hybridized carbons (Fsp3) is 0.333. The Balaban J connectivity index is 1.96. The Hall–Kier alpha value is -1.88. The quantitative estimate of drug-likeness (QED) is 0.880. The van der Waals surface area contributed by atoms with Crippen molar-refractivity contribution in [1.82, 2.24) is 4.98 Å². The van der Waals surface area contributed by atoms with Gasteiger partial charge < -0.3 is 4.74 Å². The summed E-state index contributed by atoms with van der Waals surface area (Å²) < 4.78 is 5.65. The smallest absolute Gasteiger partial charge is 0.257 e. The zero-order chi connectivity index (χ0) is 14.4. The monoisotopic (exact) mass is 290 g/mol. The predicted octanol–water partition coefficient (Wildman–Crippen LogP) is 3.82. The molecular weight excluding hydrogens is 272 g/mol. The minimum atomic E-state index is -0.172. The van der Waals surface area contributed by atoms with Gasteiger partial charge in [-0.1, -0.05) is 19.9 Å². The van der Waals surface area contributed by atoms with Gasteiger partial charge in [-0.05, 0) is 30.5 Å².